The molecule has 66 valence electrons. The molecule has 0 aliphatic carbocycles. The van der Waals surface area contributed by atoms with Gasteiger partial charge in [0.15, 0.2) is 6.29 Å². The van der Waals surface area contributed by atoms with E-state index in [4.69, 9.17) is 14.6 Å². The molecule has 0 aromatic heterocycles. The zero-order valence-corrected chi connectivity index (χ0v) is 6.56. The highest BCUT2D eigenvalue weighted by Gasteiger charge is 2.28. The SMILES string of the molecule is CCO[C@H]1OC[C@@H](O)C[C@@H]1O. The number of aliphatic hydroxyl groups excluding tert-OH is 2. The summed E-state index contributed by atoms with van der Waals surface area (Å²) in [6, 6.07) is 0. The first kappa shape index (κ1) is 8.93. The molecule has 0 aromatic carbocycles. The molecule has 1 heterocycles. The maximum absolute atomic E-state index is 9.26. The molecular weight excluding hydrogens is 148 g/mol. The third-order valence-electron chi connectivity index (χ3n) is 1.61. The van der Waals surface area contributed by atoms with Crippen LogP contribution in [0.15, 0.2) is 0 Å². The Hall–Kier alpha value is -0.160. The maximum atomic E-state index is 9.26. The van der Waals surface area contributed by atoms with Crippen molar-refractivity contribution >= 4 is 0 Å². The van der Waals surface area contributed by atoms with Crippen molar-refractivity contribution in [1.29, 1.82) is 0 Å². The van der Waals surface area contributed by atoms with Gasteiger partial charge < -0.3 is 19.7 Å². The predicted molar refractivity (Wildman–Crippen MR) is 38.0 cm³/mol. The molecule has 4 heteroatoms. The molecule has 0 radical (unpaired) electrons. The summed E-state index contributed by atoms with van der Waals surface area (Å²) in [5, 5.41) is 18.3. The van der Waals surface area contributed by atoms with Crippen molar-refractivity contribution in [2.75, 3.05) is 13.2 Å². The van der Waals surface area contributed by atoms with Gasteiger partial charge in [0.25, 0.3) is 0 Å². The van der Waals surface area contributed by atoms with Crippen LogP contribution in [0.1, 0.15) is 13.3 Å². The number of ether oxygens (including phenoxy) is 2. The highest BCUT2D eigenvalue weighted by Crippen LogP contribution is 2.14. The van der Waals surface area contributed by atoms with Crippen molar-refractivity contribution in [3.05, 3.63) is 0 Å². The fourth-order valence-electron chi connectivity index (χ4n) is 1.10. The van der Waals surface area contributed by atoms with Crippen molar-refractivity contribution in [3.63, 3.8) is 0 Å². The van der Waals surface area contributed by atoms with Gasteiger partial charge in [-0.05, 0) is 6.92 Å². The van der Waals surface area contributed by atoms with Gasteiger partial charge in [0.05, 0.1) is 12.7 Å². The van der Waals surface area contributed by atoms with Gasteiger partial charge in [0, 0.05) is 13.0 Å². The second kappa shape index (κ2) is 4.01. The van der Waals surface area contributed by atoms with Gasteiger partial charge in [0.1, 0.15) is 6.10 Å². The summed E-state index contributed by atoms with van der Waals surface area (Å²) >= 11 is 0. The van der Waals surface area contributed by atoms with Crippen LogP contribution < -0.4 is 0 Å². The van der Waals surface area contributed by atoms with E-state index in [1.165, 1.54) is 0 Å². The van der Waals surface area contributed by atoms with Crippen LogP contribution in [0.25, 0.3) is 0 Å². The summed E-state index contributed by atoms with van der Waals surface area (Å²) in [7, 11) is 0. The van der Waals surface area contributed by atoms with Crippen LogP contribution in [0.3, 0.4) is 0 Å². The molecule has 0 aromatic rings. The maximum Gasteiger partial charge on any atom is 0.183 e. The summed E-state index contributed by atoms with van der Waals surface area (Å²) in [4.78, 5) is 0. The van der Waals surface area contributed by atoms with E-state index in [1.807, 2.05) is 6.92 Å². The summed E-state index contributed by atoms with van der Waals surface area (Å²) in [5.41, 5.74) is 0. The molecule has 1 aliphatic rings. The van der Waals surface area contributed by atoms with Gasteiger partial charge >= 0.3 is 0 Å². The lowest BCUT2D eigenvalue weighted by atomic mass is 10.1. The van der Waals surface area contributed by atoms with Crippen LogP contribution in [0.4, 0.5) is 0 Å². The number of rotatable bonds is 2. The van der Waals surface area contributed by atoms with Crippen LogP contribution >= 0.6 is 0 Å². The van der Waals surface area contributed by atoms with Gasteiger partial charge in [-0.3, -0.25) is 0 Å². The molecule has 0 saturated carbocycles. The Balaban J connectivity index is 2.31. The smallest absolute Gasteiger partial charge is 0.183 e. The summed E-state index contributed by atoms with van der Waals surface area (Å²) in [5.74, 6) is 0. The third kappa shape index (κ3) is 2.41. The minimum Gasteiger partial charge on any atom is -0.391 e. The molecule has 0 unspecified atom stereocenters. The van der Waals surface area contributed by atoms with Crippen LogP contribution in [0.2, 0.25) is 0 Å². The minimum absolute atomic E-state index is 0.252. The van der Waals surface area contributed by atoms with Gasteiger partial charge in [-0.2, -0.15) is 0 Å². The lowest BCUT2D eigenvalue weighted by Gasteiger charge is -2.30. The van der Waals surface area contributed by atoms with E-state index >= 15 is 0 Å². The average Bonchev–Trinajstić information content (AvgIpc) is 1.95. The van der Waals surface area contributed by atoms with E-state index < -0.39 is 18.5 Å². The Morgan fingerprint density at radius 3 is 2.82 bits per heavy atom. The molecule has 2 N–H and O–H groups in total. The quantitative estimate of drug-likeness (QED) is 0.574. The molecule has 4 nitrogen and oxygen atoms in total. The van der Waals surface area contributed by atoms with E-state index in [1.54, 1.807) is 0 Å². The first-order chi connectivity index (χ1) is 5.24. The molecule has 1 rings (SSSR count). The summed E-state index contributed by atoms with van der Waals surface area (Å²) in [6.07, 6.45) is -1.46. The summed E-state index contributed by atoms with van der Waals surface area (Å²) < 4.78 is 10.1. The molecule has 3 atom stereocenters. The molecule has 1 saturated heterocycles. The van der Waals surface area contributed by atoms with E-state index in [2.05, 4.69) is 0 Å². The Labute approximate surface area is 65.7 Å². The molecule has 0 amide bonds. The van der Waals surface area contributed by atoms with Crippen molar-refractivity contribution in [1.82, 2.24) is 0 Å². The standard InChI is InChI=1S/C7H14O4/c1-2-10-7-6(9)3-5(8)4-11-7/h5-9H,2-4H2,1H3/t5-,6-,7-/m0/s1. The van der Waals surface area contributed by atoms with E-state index in [9.17, 15) is 5.11 Å². The van der Waals surface area contributed by atoms with Crippen molar-refractivity contribution in [2.45, 2.75) is 31.8 Å². The fraction of sp³-hybridized carbons (Fsp3) is 1.00. The molecule has 1 fully saturated rings. The van der Waals surface area contributed by atoms with Crippen LogP contribution in [-0.2, 0) is 9.47 Å². The molecule has 0 bridgehead atoms. The fourth-order valence-corrected chi connectivity index (χ4v) is 1.10. The number of hydrogen-bond donors (Lipinski definition) is 2. The number of aliphatic hydroxyl groups is 2. The van der Waals surface area contributed by atoms with Gasteiger partial charge in [-0.1, -0.05) is 0 Å². The monoisotopic (exact) mass is 162 g/mol. The minimum atomic E-state index is -0.696. The zero-order chi connectivity index (χ0) is 8.27. The molecule has 11 heavy (non-hydrogen) atoms. The van der Waals surface area contributed by atoms with E-state index in [0.29, 0.717) is 13.0 Å². The third-order valence-corrected chi connectivity index (χ3v) is 1.61. The molecule has 1 aliphatic heterocycles. The van der Waals surface area contributed by atoms with Gasteiger partial charge in [-0.25, -0.2) is 0 Å². The van der Waals surface area contributed by atoms with Crippen LogP contribution in [-0.4, -0.2) is 41.9 Å². The average molecular weight is 162 g/mol. The molecular formula is C7H14O4. The first-order valence-electron chi connectivity index (χ1n) is 3.83. The normalized spacial score (nSPS) is 39.0. The topological polar surface area (TPSA) is 58.9 Å². The summed E-state index contributed by atoms with van der Waals surface area (Å²) in [6.45, 7) is 2.60. The Bertz CT molecular complexity index is 117. The van der Waals surface area contributed by atoms with Crippen LogP contribution in [0.5, 0.6) is 0 Å². The Morgan fingerprint density at radius 1 is 1.55 bits per heavy atom. The predicted octanol–water partition coefficient (Wildman–Crippen LogP) is -0.509. The van der Waals surface area contributed by atoms with Crippen LogP contribution in [0, 0.1) is 0 Å². The van der Waals surface area contributed by atoms with E-state index in [0.717, 1.165) is 0 Å². The Kier molecular flexibility index (Phi) is 3.26. The van der Waals surface area contributed by atoms with Gasteiger partial charge in [0.2, 0.25) is 0 Å². The highest BCUT2D eigenvalue weighted by atomic mass is 16.7. The van der Waals surface area contributed by atoms with Gasteiger partial charge in [-0.15, -0.1) is 0 Å². The second-order valence-electron chi connectivity index (χ2n) is 2.61. The second-order valence-corrected chi connectivity index (χ2v) is 2.61. The van der Waals surface area contributed by atoms with E-state index in [-0.39, 0.29) is 6.61 Å². The zero-order valence-electron chi connectivity index (χ0n) is 6.56. The first-order valence-corrected chi connectivity index (χ1v) is 3.83. The lowest BCUT2D eigenvalue weighted by molar-refractivity contribution is -0.233. The molecule has 0 spiro atoms. The van der Waals surface area contributed by atoms with Crippen molar-refractivity contribution < 1.29 is 19.7 Å². The van der Waals surface area contributed by atoms with Crippen molar-refractivity contribution in [3.8, 4) is 0 Å². The van der Waals surface area contributed by atoms with Crippen molar-refractivity contribution in [2.24, 2.45) is 0 Å². The Morgan fingerprint density at radius 2 is 2.27 bits per heavy atom. The lowest BCUT2D eigenvalue weighted by Crippen LogP contribution is -2.42. The largest absolute Gasteiger partial charge is 0.391 e. The number of hydrogen-bond acceptors (Lipinski definition) is 4. The highest BCUT2D eigenvalue weighted by molar-refractivity contribution is 4.71.